The first-order chi connectivity index (χ1) is 16.8. The average Bonchev–Trinajstić information content (AvgIpc) is 2.89. The Morgan fingerprint density at radius 1 is 1.34 bits per heavy atom. The molecule has 1 aromatic carbocycles. The zero-order chi connectivity index (χ0) is 25.8. The molecule has 2 amide bonds. The summed E-state index contributed by atoms with van der Waals surface area (Å²) in [7, 11) is 0. The van der Waals surface area contributed by atoms with Gasteiger partial charge in [-0.25, -0.2) is 0 Å². The third-order valence-electron chi connectivity index (χ3n) is 4.98. The van der Waals surface area contributed by atoms with Crippen LogP contribution in [0.3, 0.4) is 0 Å². The number of carbonyl (C=O) groups is 3. The van der Waals surface area contributed by atoms with Gasteiger partial charge >= 0.3 is 5.97 Å². The zero-order valence-corrected chi connectivity index (χ0v) is 21.6. The summed E-state index contributed by atoms with van der Waals surface area (Å²) in [6.07, 6.45) is 6.82. The van der Waals surface area contributed by atoms with E-state index >= 15 is 0 Å². The van der Waals surface area contributed by atoms with Gasteiger partial charge in [-0.1, -0.05) is 25.1 Å². The molecule has 0 aliphatic carbocycles. The number of rotatable bonds is 9. The molecule has 1 aliphatic heterocycles. The van der Waals surface area contributed by atoms with Gasteiger partial charge in [0, 0.05) is 46.9 Å². The topological polar surface area (TPSA) is 132 Å². The van der Waals surface area contributed by atoms with E-state index in [2.05, 4.69) is 15.3 Å². The summed E-state index contributed by atoms with van der Waals surface area (Å²) in [4.78, 5) is 47.9. The van der Waals surface area contributed by atoms with E-state index in [9.17, 15) is 19.5 Å². The molecule has 9 nitrogen and oxygen atoms in total. The number of aliphatic hydroxyl groups is 1. The number of carboxylic acids is 1. The quantitative estimate of drug-likeness (QED) is 0.260. The number of aliphatic imine (C=N–C) groups is 2. The van der Waals surface area contributed by atoms with Crippen LogP contribution < -0.4 is 5.32 Å². The van der Waals surface area contributed by atoms with Crippen molar-refractivity contribution in [1.29, 1.82) is 0 Å². The van der Waals surface area contributed by atoms with E-state index in [0.29, 0.717) is 23.7 Å². The van der Waals surface area contributed by atoms with Gasteiger partial charge in [0.25, 0.3) is 11.8 Å². The van der Waals surface area contributed by atoms with Crippen LogP contribution in [0.4, 0.5) is 0 Å². The molecule has 1 aliphatic rings. The van der Waals surface area contributed by atoms with Gasteiger partial charge in [0.2, 0.25) is 0 Å². The number of amides is 2. The number of carboxylic acid groups (broad SMARTS) is 1. The van der Waals surface area contributed by atoms with E-state index in [1.165, 1.54) is 4.90 Å². The van der Waals surface area contributed by atoms with E-state index in [4.69, 9.17) is 5.11 Å². The van der Waals surface area contributed by atoms with Gasteiger partial charge in [-0.05, 0) is 19.2 Å². The lowest BCUT2D eigenvalue weighted by atomic mass is 10.0. The fourth-order valence-corrected chi connectivity index (χ4v) is 4.83. The second-order valence-electron chi connectivity index (χ2n) is 7.50. The minimum atomic E-state index is -1.25. The van der Waals surface area contributed by atoms with Crippen LogP contribution in [0, 0.1) is 5.92 Å². The first-order valence-corrected chi connectivity index (χ1v) is 13.3. The molecular formula is C24H30N4O5S2. The van der Waals surface area contributed by atoms with E-state index in [-0.39, 0.29) is 12.3 Å². The van der Waals surface area contributed by atoms with Crippen LogP contribution in [0.2, 0.25) is 0 Å². The minimum Gasteiger partial charge on any atom is -0.511 e. The van der Waals surface area contributed by atoms with Crippen LogP contribution in [0.15, 0.2) is 56.7 Å². The van der Waals surface area contributed by atoms with Crippen molar-refractivity contribution in [3.05, 3.63) is 47.4 Å². The van der Waals surface area contributed by atoms with E-state index in [1.807, 2.05) is 37.4 Å². The number of allylic oxidation sites excluding steroid dienone is 1. The predicted octanol–water partition coefficient (Wildman–Crippen LogP) is 3.09. The monoisotopic (exact) mass is 518 g/mol. The van der Waals surface area contributed by atoms with Crippen molar-refractivity contribution in [2.45, 2.75) is 18.7 Å². The molecule has 1 unspecified atom stereocenters. The number of nitrogens with one attached hydrogen (secondary N) is 1. The van der Waals surface area contributed by atoms with Crippen molar-refractivity contribution < 1.29 is 24.6 Å². The Bertz CT molecular complexity index is 1050. The summed E-state index contributed by atoms with van der Waals surface area (Å²) >= 11 is 3.15. The summed E-state index contributed by atoms with van der Waals surface area (Å²) < 4.78 is 0. The Hall–Kier alpha value is -3.05. The lowest BCUT2D eigenvalue weighted by Gasteiger charge is -2.21. The van der Waals surface area contributed by atoms with E-state index in [0.717, 1.165) is 10.5 Å². The highest BCUT2D eigenvalue weighted by Crippen LogP contribution is 2.27. The first-order valence-electron chi connectivity index (χ1n) is 10.9. The molecule has 0 saturated carbocycles. The molecule has 0 saturated heterocycles. The van der Waals surface area contributed by atoms with Crippen molar-refractivity contribution in [3.8, 4) is 0 Å². The van der Waals surface area contributed by atoms with Crippen LogP contribution in [0.5, 0.6) is 0 Å². The Morgan fingerprint density at radius 3 is 2.77 bits per heavy atom. The maximum absolute atomic E-state index is 13.2. The van der Waals surface area contributed by atoms with Gasteiger partial charge in [0.05, 0.1) is 18.4 Å². The molecular weight excluding hydrogens is 488 g/mol. The normalized spacial score (nSPS) is 20.1. The first kappa shape index (κ1) is 28.2. The third-order valence-corrected chi connectivity index (χ3v) is 6.98. The van der Waals surface area contributed by atoms with Gasteiger partial charge in [0.1, 0.15) is 17.9 Å². The number of hydrogen-bond donors (Lipinski definition) is 3. The van der Waals surface area contributed by atoms with Crippen LogP contribution in [-0.2, 0) is 14.4 Å². The maximum Gasteiger partial charge on any atom is 0.322 e. The summed E-state index contributed by atoms with van der Waals surface area (Å²) in [6, 6.07) is 7.83. The fraction of sp³-hybridized carbons (Fsp3) is 0.375. The third kappa shape index (κ3) is 8.29. The lowest BCUT2D eigenvalue weighted by molar-refractivity contribution is -0.138. The largest absolute Gasteiger partial charge is 0.511 e. The van der Waals surface area contributed by atoms with Gasteiger partial charge < -0.3 is 20.4 Å². The molecule has 0 spiro atoms. The summed E-state index contributed by atoms with van der Waals surface area (Å²) in [5.74, 6) is -2.48. The number of nitrogens with zero attached hydrogens (tertiary/aromatic N) is 3. The maximum atomic E-state index is 13.2. The zero-order valence-electron chi connectivity index (χ0n) is 19.9. The SMILES string of the molecule is CC=N/C(=C\N=CCN1CCSCC(C)/C(O)=C(/C(=O)NCC(=O)O)C1=O)c1ccccc1SC. The molecule has 11 heteroatoms. The van der Waals surface area contributed by atoms with Crippen LogP contribution in [0.1, 0.15) is 19.4 Å². The highest BCUT2D eigenvalue weighted by atomic mass is 32.2. The molecule has 1 heterocycles. The Morgan fingerprint density at radius 2 is 2.09 bits per heavy atom. The molecule has 1 atom stereocenters. The average molecular weight is 519 g/mol. The number of benzene rings is 1. The molecule has 0 radical (unpaired) electrons. The van der Waals surface area contributed by atoms with Crippen molar-refractivity contribution in [1.82, 2.24) is 10.2 Å². The highest BCUT2D eigenvalue weighted by molar-refractivity contribution is 7.99. The molecule has 0 fully saturated rings. The van der Waals surface area contributed by atoms with E-state index in [1.54, 1.807) is 49.1 Å². The van der Waals surface area contributed by atoms with Crippen LogP contribution >= 0.6 is 23.5 Å². The van der Waals surface area contributed by atoms with Crippen molar-refractivity contribution >= 4 is 59.4 Å². The van der Waals surface area contributed by atoms with E-state index < -0.39 is 35.8 Å². The minimum absolute atomic E-state index is 0.0978. The fourth-order valence-electron chi connectivity index (χ4n) is 3.20. The summed E-state index contributed by atoms with van der Waals surface area (Å²) in [6.45, 7) is 3.31. The molecule has 0 bridgehead atoms. The van der Waals surface area contributed by atoms with Gasteiger partial charge in [-0.3, -0.25) is 24.4 Å². The second kappa shape index (κ2) is 14.4. The number of aliphatic carboxylic acids is 1. The number of thioether (sulfide) groups is 2. The van der Waals surface area contributed by atoms with Gasteiger partial charge in [-0.2, -0.15) is 11.8 Å². The molecule has 2 rings (SSSR count). The molecule has 3 N–H and O–H groups in total. The summed E-state index contributed by atoms with van der Waals surface area (Å²) in [5.41, 5.74) is 1.17. The van der Waals surface area contributed by atoms with Gasteiger partial charge in [-0.15, -0.1) is 11.8 Å². The molecule has 1 aromatic rings. The van der Waals surface area contributed by atoms with Gasteiger partial charge in [0.15, 0.2) is 0 Å². The number of carbonyl (C=O) groups excluding carboxylic acids is 2. The summed E-state index contributed by atoms with van der Waals surface area (Å²) in [5, 5.41) is 21.7. The molecule has 0 aromatic heterocycles. The van der Waals surface area contributed by atoms with Crippen LogP contribution in [0.25, 0.3) is 5.70 Å². The predicted molar refractivity (Wildman–Crippen MR) is 142 cm³/mol. The lowest BCUT2D eigenvalue weighted by Crippen LogP contribution is -2.42. The number of aliphatic hydroxyl groups excluding tert-OH is 1. The van der Waals surface area contributed by atoms with Crippen LogP contribution in [-0.4, -0.2) is 82.7 Å². The smallest absolute Gasteiger partial charge is 0.322 e. The molecule has 35 heavy (non-hydrogen) atoms. The Kier molecular flexibility index (Phi) is 11.6. The number of hydrogen-bond acceptors (Lipinski definition) is 8. The highest BCUT2D eigenvalue weighted by Gasteiger charge is 2.31. The second-order valence-corrected chi connectivity index (χ2v) is 9.50. The Labute approximate surface area is 213 Å². The van der Waals surface area contributed by atoms with Crippen molar-refractivity contribution in [2.24, 2.45) is 15.9 Å². The van der Waals surface area contributed by atoms with Crippen molar-refractivity contribution in [3.63, 3.8) is 0 Å². The Balaban J connectivity index is 2.28. The van der Waals surface area contributed by atoms with Crippen molar-refractivity contribution in [2.75, 3.05) is 37.4 Å². The standard InChI is InChI=1S/C24H30N4O5S2/c1-4-26-18(17-7-5-6-8-19(17)34-3)13-25-9-10-28-11-12-35-15-16(2)22(31)21(24(28)33)23(32)27-14-20(29)30/h4-9,13,16,31H,10-12,14-15H2,1-3H3,(H,27,32)(H,29,30)/b18-13-,22-21+,25-9?,26-4?. The molecule has 188 valence electrons.